The first kappa shape index (κ1) is 23.8. The van der Waals surface area contributed by atoms with Gasteiger partial charge in [-0.1, -0.05) is 25.0 Å². The molecule has 2 aromatic rings. The maximum Gasteiger partial charge on any atom is 0.416 e. The monoisotopic (exact) mass is 491 g/mol. The van der Waals surface area contributed by atoms with Gasteiger partial charge in [0.15, 0.2) is 11.6 Å². The second kappa shape index (κ2) is 9.62. The average Bonchev–Trinajstić information content (AvgIpc) is 3.59. The second-order valence-corrected chi connectivity index (χ2v) is 9.77. The number of rotatable bonds is 6. The van der Waals surface area contributed by atoms with Crippen molar-refractivity contribution < 1.29 is 22.4 Å². The number of halogens is 4. The molecule has 3 aliphatic rings. The predicted molar refractivity (Wildman–Crippen MR) is 123 cm³/mol. The lowest BCUT2D eigenvalue weighted by Crippen LogP contribution is -2.35. The second-order valence-electron chi connectivity index (χ2n) is 9.77. The summed E-state index contributed by atoms with van der Waals surface area (Å²) in [6, 6.07) is 5.11. The van der Waals surface area contributed by atoms with E-state index in [-0.39, 0.29) is 29.5 Å². The number of benzene rings is 1. The molecule has 2 saturated heterocycles. The van der Waals surface area contributed by atoms with Crippen LogP contribution in [0.2, 0.25) is 0 Å². The minimum atomic E-state index is -4.40. The Bertz CT molecular complexity index is 1050. The standard InChI is InChI=1S/C25H29F4N5O/c26-22-23(30-13-16-12-21(35)34(14-16)19-4-1-2-5-19)31-15-32-24(22)33-11-3-6-20(33)17-7-9-18(10-8-17)25(27,28)29/h7-10,15-16,19-20H,1-6,11-14H2,(H,30,31,32). The molecule has 2 aliphatic heterocycles. The zero-order chi connectivity index (χ0) is 24.6. The summed E-state index contributed by atoms with van der Waals surface area (Å²) in [5, 5.41) is 3.07. The van der Waals surface area contributed by atoms with E-state index in [0.717, 1.165) is 44.2 Å². The predicted octanol–water partition coefficient (Wildman–Crippen LogP) is 5.18. The van der Waals surface area contributed by atoms with Gasteiger partial charge in [0.2, 0.25) is 11.7 Å². The highest BCUT2D eigenvalue weighted by atomic mass is 19.4. The first-order chi connectivity index (χ1) is 16.8. The summed E-state index contributed by atoms with van der Waals surface area (Å²) in [5.74, 6) is -0.0975. The van der Waals surface area contributed by atoms with E-state index in [1.54, 1.807) is 4.90 Å². The highest BCUT2D eigenvalue weighted by Gasteiger charge is 2.36. The summed E-state index contributed by atoms with van der Waals surface area (Å²) in [5.41, 5.74) is -0.0121. The molecule has 2 atom stereocenters. The van der Waals surface area contributed by atoms with Crippen molar-refractivity contribution in [2.24, 2.45) is 5.92 Å². The number of hydrogen-bond donors (Lipinski definition) is 1. The molecule has 0 bridgehead atoms. The quantitative estimate of drug-likeness (QED) is 0.565. The van der Waals surface area contributed by atoms with Crippen LogP contribution in [0.25, 0.3) is 0 Å². The van der Waals surface area contributed by atoms with E-state index in [4.69, 9.17) is 0 Å². The molecule has 1 saturated carbocycles. The maximum atomic E-state index is 15.5. The number of nitrogens with zero attached hydrogens (tertiary/aromatic N) is 4. The van der Waals surface area contributed by atoms with E-state index in [9.17, 15) is 18.0 Å². The van der Waals surface area contributed by atoms with Crippen LogP contribution in [0.1, 0.15) is 62.1 Å². The topological polar surface area (TPSA) is 61.4 Å². The molecule has 0 spiro atoms. The lowest BCUT2D eigenvalue weighted by atomic mass is 10.0. The molecule has 1 N–H and O–H groups in total. The summed E-state index contributed by atoms with van der Waals surface area (Å²) < 4.78 is 54.3. The van der Waals surface area contributed by atoms with Crippen LogP contribution in [-0.4, -0.2) is 46.5 Å². The Morgan fingerprint density at radius 2 is 1.74 bits per heavy atom. The number of amides is 1. The van der Waals surface area contributed by atoms with Crippen LogP contribution in [0, 0.1) is 11.7 Å². The maximum absolute atomic E-state index is 15.5. The Hall–Kier alpha value is -2.91. The lowest BCUT2D eigenvalue weighted by Gasteiger charge is -2.27. The van der Waals surface area contributed by atoms with E-state index in [1.165, 1.54) is 18.5 Å². The highest BCUT2D eigenvalue weighted by molar-refractivity contribution is 5.79. The lowest BCUT2D eigenvalue weighted by molar-refractivity contribution is -0.137. The minimum Gasteiger partial charge on any atom is -0.367 e. The van der Waals surface area contributed by atoms with Gasteiger partial charge in [-0.15, -0.1) is 0 Å². The molecule has 10 heteroatoms. The summed E-state index contributed by atoms with van der Waals surface area (Å²) in [7, 11) is 0. The van der Waals surface area contributed by atoms with Crippen molar-refractivity contribution in [3.63, 3.8) is 0 Å². The molecule has 5 rings (SSSR count). The summed E-state index contributed by atoms with van der Waals surface area (Å²) in [6.07, 6.45) is 3.27. The van der Waals surface area contributed by atoms with Gasteiger partial charge in [-0.3, -0.25) is 4.79 Å². The van der Waals surface area contributed by atoms with Crippen molar-refractivity contribution >= 4 is 17.5 Å². The Balaban J connectivity index is 1.27. The number of carbonyl (C=O) groups is 1. The minimum absolute atomic E-state index is 0.0832. The molecule has 2 unspecified atom stereocenters. The zero-order valence-corrected chi connectivity index (χ0v) is 19.4. The molecule has 1 amide bonds. The third-order valence-electron chi connectivity index (χ3n) is 7.48. The number of likely N-dealkylation sites (tertiary alicyclic amines) is 1. The summed E-state index contributed by atoms with van der Waals surface area (Å²) >= 11 is 0. The molecular formula is C25H29F4N5O. The fourth-order valence-electron chi connectivity index (χ4n) is 5.70. The van der Waals surface area contributed by atoms with Gasteiger partial charge in [-0.05, 0) is 43.4 Å². The van der Waals surface area contributed by atoms with Crippen molar-refractivity contribution in [1.82, 2.24) is 14.9 Å². The molecular weight excluding hydrogens is 462 g/mol. The van der Waals surface area contributed by atoms with Crippen LogP contribution >= 0.6 is 0 Å². The Morgan fingerprint density at radius 3 is 2.46 bits per heavy atom. The smallest absolute Gasteiger partial charge is 0.367 e. The van der Waals surface area contributed by atoms with E-state index in [0.29, 0.717) is 44.1 Å². The molecule has 6 nitrogen and oxygen atoms in total. The van der Waals surface area contributed by atoms with Gasteiger partial charge >= 0.3 is 6.18 Å². The van der Waals surface area contributed by atoms with Gasteiger partial charge in [0.25, 0.3) is 0 Å². The third kappa shape index (κ3) is 4.92. The van der Waals surface area contributed by atoms with E-state index < -0.39 is 17.6 Å². The van der Waals surface area contributed by atoms with Crippen molar-refractivity contribution in [1.29, 1.82) is 0 Å². The fourth-order valence-corrected chi connectivity index (χ4v) is 5.70. The van der Waals surface area contributed by atoms with E-state index in [1.807, 2.05) is 4.90 Å². The number of alkyl halides is 3. The van der Waals surface area contributed by atoms with Crippen molar-refractivity contribution in [2.45, 2.75) is 63.2 Å². The number of nitrogens with one attached hydrogen (secondary N) is 1. The third-order valence-corrected chi connectivity index (χ3v) is 7.48. The fraction of sp³-hybridized carbons (Fsp3) is 0.560. The normalized spacial score (nSPS) is 23.5. The van der Waals surface area contributed by atoms with Crippen LogP contribution in [0.15, 0.2) is 30.6 Å². The first-order valence-corrected chi connectivity index (χ1v) is 12.3. The van der Waals surface area contributed by atoms with Gasteiger partial charge in [-0.25, -0.2) is 9.97 Å². The van der Waals surface area contributed by atoms with Gasteiger partial charge in [-0.2, -0.15) is 17.6 Å². The molecule has 1 aliphatic carbocycles. The van der Waals surface area contributed by atoms with E-state index >= 15 is 4.39 Å². The van der Waals surface area contributed by atoms with Crippen molar-refractivity contribution in [3.8, 4) is 0 Å². The van der Waals surface area contributed by atoms with Crippen molar-refractivity contribution in [3.05, 3.63) is 47.5 Å². The number of carbonyl (C=O) groups excluding carboxylic acids is 1. The van der Waals surface area contributed by atoms with Gasteiger partial charge < -0.3 is 15.1 Å². The summed E-state index contributed by atoms with van der Waals surface area (Å²) in [6.45, 7) is 1.66. The van der Waals surface area contributed by atoms with Crippen molar-refractivity contribution in [2.75, 3.05) is 29.9 Å². The number of anilines is 2. The molecule has 3 heterocycles. The largest absolute Gasteiger partial charge is 0.416 e. The van der Waals surface area contributed by atoms with E-state index in [2.05, 4.69) is 15.3 Å². The van der Waals surface area contributed by atoms with Crippen LogP contribution in [0.5, 0.6) is 0 Å². The molecule has 1 aromatic carbocycles. The van der Waals surface area contributed by atoms with Gasteiger partial charge in [0.1, 0.15) is 6.33 Å². The molecule has 188 valence electrons. The Kier molecular flexibility index (Phi) is 6.55. The van der Waals surface area contributed by atoms with Gasteiger partial charge in [0, 0.05) is 38.0 Å². The molecule has 35 heavy (non-hydrogen) atoms. The average molecular weight is 492 g/mol. The number of hydrogen-bond acceptors (Lipinski definition) is 5. The molecule has 1 aromatic heterocycles. The Morgan fingerprint density at radius 1 is 1.00 bits per heavy atom. The zero-order valence-electron chi connectivity index (χ0n) is 19.4. The van der Waals surface area contributed by atoms with Crippen LogP contribution < -0.4 is 10.2 Å². The van der Waals surface area contributed by atoms with Crippen LogP contribution in [0.3, 0.4) is 0 Å². The van der Waals surface area contributed by atoms with Crippen LogP contribution in [-0.2, 0) is 11.0 Å². The number of aromatic nitrogens is 2. The highest BCUT2D eigenvalue weighted by Crippen LogP contribution is 2.38. The SMILES string of the molecule is O=C1CC(CNc2ncnc(N3CCCC3c3ccc(C(F)(F)F)cc3)c2F)CN1C1CCCC1. The molecule has 0 radical (unpaired) electrons. The Labute approximate surface area is 201 Å². The van der Waals surface area contributed by atoms with Crippen LogP contribution in [0.4, 0.5) is 29.2 Å². The summed E-state index contributed by atoms with van der Waals surface area (Å²) in [4.78, 5) is 24.5. The van der Waals surface area contributed by atoms with Gasteiger partial charge in [0.05, 0.1) is 11.6 Å². The molecule has 3 fully saturated rings. The first-order valence-electron chi connectivity index (χ1n) is 12.3.